The molecular formula is C25H23F2N3O5S. The third-order valence-corrected chi connectivity index (χ3v) is 7.37. The summed E-state index contributed by atoms with van der Waals surface area (Å²) in [5.41, 5.74) is 0.452. The lowest BCUT2D eigenvalue weighted by molar-refractivity contribution is 0.0951. The molecule has 0 unspecified atom stereocenters. The second-order valence-electron chi connectivity index (χ2n) is 8.03. The van der Waals surface area contributed by atoms with E-state index in [-0.39, 0.29) is 38.9 Å². The van der Waals surface area contributed by atoms with Crippen LogP contribution in [0.25, 0.3) is 22.0 Å². The minimum absolute atomic E-state index is 0.00610. The summed E-state index contributed by atoms with van der Waals surface area (Å²) in [5, 5.41) is 2.99. The van der Waals surface area contributed by atoms with Gasteiger partial charge in [0.1, 0.15) is 22.8 Å². The highest BCUT2D eigenvalue weighted by atomic mass is 32.2. The van der Waals surface area contributed by atoms with Crippen molar-refractivity contribution in [2.45, 2.75) is 18.7 Å². The van der Waals surface area contributed by atoms with Gasteiger partial charge in [0.2, 0.25) is 0 Å². The largest absolute Gasteiger partial charge is 0.454 e. The molecule has 11 heteroatoms. The van der Waals surface area contributed by atoms with E-state index in [4.69, 9.17) is 4.74 Å². The predicted molar refractivity (Wildman–Crippen MR) is 131 cm³/mol. The molecule has 2 N–H and O–H groups in total. The van der Waals surface area contributed by atoms with Crippen LogP contribution >= 0.6 is 0 Å². The van der Waals surface area contributed by atoms with Gasteiger partial charge in [-0.05, 0) is 43.3 Å². The van der Waals surface area contributed by atoms with Crippen LogP contribution < -0.4 is 15.6 Å². The molecule has 0 spiro atoms. The summed E-state index contributed by atoms with van der Waals surface area (Å²) in [4.78, 5) is 28.1. The second kappa shape index (κ2) is 9.57. The summed E-state index contributed by atoms with van der Waals surface area (Å²) < 4.78 is 60.1. The van der Waals surface area contributed by atoms with Gasteiger partial charge in [-0.1, -0.05) is 6.92 Å². The molecule has 0 atom stereocenters. The Morgan fingerprint density at radius 1 is 1.06 bits per heavy atom. The minimum atomic E-state index is -3.64. The van der Waals surface area contributed by atoms with E-state index < -0.39 is 32.9 Å². The molecular weight excluding hydrogens is 492 g/mol. The quantitative estimate of drug-likeness (QED) is 0.384. The summed E-state index contributed by atoms with van der Waals surface area (Å²) in [7, 11) is -2.13. The standard InChI is InChI=1S/C25H23F2N3O5S/c1-4-28-24(31)20-12-17-18(13-30(3)25(32)23(17)29-20)16-11-15(36(33,34)5-2)7-9-21(16)35-22-8-6-14(26)10-19(22)27/h6-13,29H,4-5H2,1-3H3,(H,28,31). The van der Waals surface area contributed by atoms with Crippen molar-refractivity contribution >= 4 is 26.6 Å². The number of hydrogen-bond donors (Lipinski definition) is 2. The SMILES string of the molecule is CCNC(=O)c1cc2c(-c3cc(S(=O)(=O)CC)ccc3Oc3ccc(F)cc3F)cn(C)c(=O)c2[nH]1. The molecule has 0 fully saturated rings. The first-order valence-corrected chi connectivity index (χ1v) is 12.7. The Kier molecular flexibility index (Phi) is 6.68. The number of hydrogen-bond acceptors (Lipinski definition) is 5. The Balaban J connectivity index is 2.00. The first-order chi connectivity index (χ1) is 17.1. The van der Waals surface area contributed by atoms with Gasteiger partial charge in [0.15, 0.2) is 21.4 Å². The van der Waals surface area contributed by atoms with E-state index in [0.29, 0.717) is 23.6 Å². The van der Waals surface area contributed by atoms with Crippen LogP contribution in [-0.4, -0.2) is 36.2 Å². The van der Waals surface area contributed by atoms with E-state index in [1.165, 1.54) is 49.0 Å². The van der Waals surface area contributed by atoms with Crippen molar-refractivity contribution in [3.63, 3.8) is 0 Å². The van der Waals surface area contributed by atoms with Crippen LogP contribution in [0.1, 0.15) is 24.3 Å². The lowest BCUT2D eigenvalue weighted by Gasteiger charge is -2.15. The highest BCUT2D eigenvalue weighted by molar-refractivity contribution is 7.91. The number of benzene rings is 2. The summed E-state index contributed by atoms with van der Waals surface area (Å²) in [6.07, 6.45) is 1.48. The number of amides is 1. The number of sulfone groups is 1. The van der Waals surface area contributed by atoms with Crippen LogP contribution in [0.5, 0.6) is 11.5 Å². The topological polar surface area (TPSA) is 110 Å². The summed E-state index contributed by atoms with van der Waals surface area (Å²) in [5.74, 6) is -2.52. The van der Waals surface area contributed by atoms with E-state index in [0.717, 1.165) is 12.1 Å². The molecule has 2 aromatic heterocycles. The van der Waals surface area contributed by atoms with E-state index >= 15 is 0 Å². The average molecular weight is 516 g/mol. The molecule has 0 saturated carbocycles. The summed E-state index contributed by atoms with van der Waals surface area (Å²) >= 11 is 0. The van der Waals surface area contributed by atoms with Crippen molar-refractivity contribution in [1.82, 2.24) is 14.9 Å². The molecule has 4 aromatic rings. The van der Waals surface area contributed by atoms with Gasteiger partial charge in [-0.2, -0.15) is 0 Å². The summed E-state index contributed by atoms with van der Waals surface area (Å²) in [6.45, 7) is 3.63. The fourth-order valence-corrected chi connectivity index (χ4v) is 4.68. The van der Waals surface area contributed by atoms with Crippen molar-refractivity contribution in [2.75, 3.05) is 12.3 Å². The maximum Gasteiger partial charge on any atom is 0.274 e. The Hall–Kier alpha value is -3.99. The maximum absolute atomic E-state index is 14.4. The van der Waals surface area contributed by atoms with Crippen LogP contribution in [0.2, 0.25) is 0 Å². The lowest BCUT2D eigenvalue weighted by atomic mass is 10.0. The Bertz CT molecular complexity index is 1660. The number of aromatic amines is 1. The molecule has 8 nitrogen and oxygen atoms in total. The minimum Gasteiger partial charge on any atom is -0.454 e. The number of aromatic nitrogens is 2. The number of aryl methyl sites for hydroxylation is 1. The number of ether oxygens (including phenoxy) is 1. The molecule has 2 heterocycles. The number of halogens is 2. The molecule has 0 aliphatic rings. The molecule has 0 bridgehead atoms. The molecule has 0 radical (unpaired) electrons. The first-order valence-electron chi connectivity index (χ1n) is 11.1. The van der Waals surface area contributed by atoms with Crippen molar-refractivity contribution in [3.05, 3.63) is 76.3 Å². The van der Waals surface area contributed by atoms with Crippen molar-refractivity contribution in [3.8, 4) is 22.6 Å². The van der Waals surface area contributed by atoms with Crippen molar-refractivity contribution in [1.29, 1.82) is 0 Å². The van der Waals surface area contributed by atoms with Gasteiger partial charge < -0.3 is 19.6 Å². The van der Waals surface area contributed by atoms with E-state index in [1.54, 1.807) is 6.92 Å². The van der Waals surface area contributed by atoms with Gasteiger partial charge in [-0.25, -0.2) is 17.2 Å². The zero-order valence-corrected chi connectivity index (χ0v) is 20.5. The van der Waals surface area contributed by atoms with E-state index in [2.05, 4.69) is 10.3 Å². The smallest absolute Gasteiger partial charge is 0.274 e. The normalized spacial score (nSPS) is 11.6. The fourth-order valence-electron chi connectivity index (χ4n) is 3.77. The second-order valence-corrected chi connectivity index (χ2v) is 10.3. The number of pyridine rings is 1. The Morgan fingerprint density at radius 3 is 2.44 bits per heavy atom. The van der Waals surface area contributed by atoms with Gasteiger partial charge >= 0.3 is 0 Å². The van der Waals surface area contributed by atoms with Crippen molar-refractivity contribution < 1.29 is 26.7 Å². The van der Waals surface area contributed by atoms with E-state index in [9.17, 15) is 26.8 Å². The number of carbonyl (C=O) groups excluding carboxylic acids is 1. The molecule has 0 saturated heterocycles. The van der Waals surface area contributed by atoms with Gasteiger partial charge in [0, 0.05) is 42.4 Å². The molecule has 36 heavy (non-hydrogen) atoms. The van der Waals surface area contributed by atoms with Gasteiger partial charge in [0.05, 0.1) is 10.6 Å². The van der Waals surface area contributed by atoms with Crippen LogP contribution in [0, 0.1) is 11.6 Å². The van der Waals surface area contributed by atoms with Gasteiger partial charge in [0.25, 0.3) is 11.5 Å². The molecule has 2 aromatic carbocycles. The van der Waals surface area contributed by atoms with Crippen molar-refractivity contribution in [2.24, 2.45) is 7.05 Å². The van der Waals surface area contributed by atoms with Crippen LogP contribution in [0.15, 0.2) is 58.4 Å². The molecule has 0 aliphatic carbocycles. The predicted octanol–water partition coefficient (Wildman–Crippen LogP) is 4.15. The third kappa shape index (κ3) is 4.61. The van der Waals surface area contributed by atoms with Crippen LogP contribution in [-0.2, 0) is 16.9 Å². The number of nitrogens with one attached hydrogen (secondary N) is 2. The molecule has 188 valence electrons. The van der Waals surface area contributed by atoms with Gasteiger partial charge in [-0.15, -0.1) is 0 Å². The average Bonchev–Trinajstić information content (AvgIpc) is 3.29. The van der Waals surface area contributed by atoms with E-state index in [1.807, 2.05) is 0 Å². The van der Waals surface area contributed by atoms with Gasteiger partial charge in [-0.3, -0.25) is 9.59 Å². The number of fused-ring (bicyclic) bond motifs is 1. The Labute approximate surface area is 205 Å². The zero-order valence-electron chi connectivity index (χ0n) is 19.7. The number of rotatable bonds is 7. The first kappa shape index (κ1) is 25.1. The maximum atomic E-state index is 14.4. The molecule has 1 amide bonds. The number of carbonyl (C=O) groups is 1. The monoisotopic (exact) mass is 515 g/mol. The Morgan fingerprint density at radius 2 is 1.78 bits per heavy atom. The highest BCUT2D eigenvalue weighted by Gasteiger charge is 2.22. The molecule has 0 aliphatic heterocycles. The lowest BCUT2D eigenvalue weighted by Crippen LogP contribution is -2.23. The van der Waals surface area contributed by atoms with Crippen LogP contribution in [0.4, 0.5) is 8.78 Å². The number of H-pyrrole nitrogens is 1. The number of nitrogens with zero attached hydrogens (tertiary/aromatic N) is 1. The zero-order chi connectivity index (χ0) is 26.2. The summed E-state index contributed by atoms with van der Waals surface area (Å²) in [6, 6.07) is 8.37. The fraction of sp³-hybridized carbons (Fsp3) is 0.200. The third-order valence-electron chi connectivity index (χ3n) is 5.64. The molecule has 4 rings (SSSR count). The highest BCUT2D eigenvalue weighted by Crippen LogP contribution is 2.39. The van der Waals surface area contributed by atoms with Crippen LogP contribution in [0.3, 0.4) is 0 Å².